The van der Waals surface area contributed by atoms with Crippen LogP contribution < -0.4 is 54.8 Å². The van der Waals surface area contributed by atoms with Crippen LogP contribution in [-0.2, 0) is 47.9 Å². The predicted molar refractivity (Wildman–Crippen MR) is 227 cm³/mol. The van der Waals surface area contributed by atoms with Crippen molar-refractivity contribution in [3.05, 3.63) is 0 Å². The fraction of sp³-hybridized carbons (Fsp3) is 0.718. The second-order valence-corrected chi connectivity index (χ2v) is 16.5. The second-order valence-electron chi connectivity index (χ2n) is 16.5. The van der Waals surface area contributed by atoms with Crippen LogP contribution in [0, 0.1) is 11.8 Å². The molecule has 1 aliphatic rings. The average Bonchev–Trinajstić information content (AvgIpc) is 3.67. The summed E-state index contributed by atoms with van der Waals surface area (Å²) in [4.78, 5) is 133. The van der Waals surface area contributed by atoms with Crippen molar-refractivity contribution in [2.45, 2.75) is 154 Å². The Morgan fingerprint density at radius 3 is 1.67 bits per heavy atom. The van der Waals surface area contributed by atoms with E-state index in [1.807, 2.05) is 13.8 Å². The van der Waals surface area contributed by atoms with E-state index in [-0.39, 0.29) is 69.4 Å². The van der Waals surface area contributed by atoms with Crippen molar-refractivity contribution in [2.24, 2.45) is 39.8 Å². The van der Waals surface area contributed by atoms with Gasteiger partial charge in [0.1, 0.15) is 42.3 Å². The third-order valence-electron chi connectivity index (χ3n) is 9.87. The molecule has 63 heavy (non-hydrogen) atoms. The zero-order valence-electron chi connectivity index (χ0n) is 36.9. The number of carbonyl (C=O) groups is 10. The highest BCUT2D eigenvalue weighted by Gasteiger charge is 2.39. The first-order chi connectivity index (χ1) is 29.3. The van der Waals surface area contributed by atoms with E-state index in [9.17, 15) is 58.2 Å². The predicted octanol–water partition coefficient (Wildman–Crippen LogP) is -3.39. The minimum atomic E-state index is -1.52. The number of carboxylic acids is 2. The number of aliphatic imine (C=N–C) groups is 1. The monoisotopic (exact) mass is 897 g/mol. The van der Waals surface area contributed by atoms with Gasteiger partial charge in [-0.3, -0.25) is 48.1 Å². The van der Waals surface area contributed by atoms with Crippen LogP contribution in [0.1, 0.15) is 106 Å². The lowest BCUT2D eigenvalue weighted by Crippen LogP contribution is -2.59. The number of nitrogens with zero attached hydrogens (tertiary/aromatic N) is 2. The molecule has 0 unspecified atom stereocenters. The Morgan fingerprint density at radius 1 is 0.635 bits per heavy atom. The molecule has 1 heterocycles. The molecular weight excluding hydrogens is 829 g/mol. The average molecular weight is 897 g/mol. The molecule has 24 nitrogen and oxygen atoms in total. The first-order valence-corrected chi connectivity index (χ1v) is 21.0. The molecule has 1 saturated heterocycles. The zero-order chi connectivity index (χ0) is 48.1. The van der Waals surface area contributed by atoms with Crippen LogP contribution in [0.4, 0.5) is 0 Å². The highest BCUT2D eigenvalue weighted by Crippen LogP contribution is 2.20. The molecule has 0 bridgehead atoms. The number of nitrogens with one attached hydrogen (secondary N) is 6. The Hall–Kier alpha value is -6.07. The normalized spacial score (nSPS) is 16.8. The van der Waals surface area contributed by atoms with E-state index in [1.54, 1.807) is 13.8 Å². The number of rotatable bonds is 28. The molecule has 0 saturated carbocycles. The maximum absolute atomic E-state index is 13.7. The first kappa shape index (κ1) is 54.9. The third-order valence-corrected chi connectivity index (χ3v) is 9.87. The molecule has 1 aliphatic heterocycles. The lowest BCUT2D eigenvalue weighted by Gasteiger charge is -2.30. The van der Waals surface area contributed by atoms with Crippen LogP contribution in [0.25, 0.3) is 0 Å². The highest BCUT2D eigenvalue weighted by atomic mass is 16.4. The second kappa shape index (κ2) is 27.1. The largest absolute Gasteiger partial charge is 0.481 e. The quantitative estimate of drug-likeness (QED) is 0.0207. The van der Waals surface area contributed by atoms with Gasteiger partial charge >= 0.3 is 11.9 Å². The van der Waals surface area contributed by atoms with Crippen molar-refractivity contribution in [1.82, 2.24) is 36.8 Å². The van der Waals surface area contributed by atoms with Gasteiger partial charge in [-0.05, 0) is 77.0 Å². The summed E-state index contributed by atoms with van der Waals surface area (Å²) >= 11 is 0. The Morgan fingerprint density at radius 2 is 1.14 bits per heavy atom. The van der Waals surface area contributed by atoms with Crippen molar-refractivity contribution in [2.75, 3.05) is 13.1 Å². The van der Waals surface area contributed by atoms with Crippen LogP contribution >= 0.6 is 0 Å². The van der Waals surface area contributed by atoms with Gasteiger partial charge < -0.3 is 69.9 Å². The lowest BCUT2D eigenvalue weighted by molar-refractivity contribution is -0.143. The maximum Gasteiger partial charge on any atom is 0.326 e. The van der Waals surface area contributed by atoms with Crippen molar-refractivity contribution in [1.29, 1.82) is 0 Å². The summed E-state index contributed by atoms with van der Waals surface area (Å²) in [6, 6.07) is -10.0. The number of carbonyl (C=O) groups excluding carboxylic acids is 8. The fourth-order valence-corrected chi connectivity index (χ4v) is 6.59. The fourth-order valence-electron chi connectivity index (χ4n) is 6.59. The van der Waals surface area contributed by atoms with E-state index in [2.05, 4.69) is 36.9 Å². The number of guanidine groups is 1. The smallest absolute Gasteiger partial charge is 0.326 e. The van der Waals surface area contributed by atoms with E-state index in [0.717, 1.165) is 0 Å². The number of carboxylic acid groups (broad SMARTS) is 2. The summed E-state index contributed by atoms with van der Waals surface area (Å²) in [6.45, 7) is 10.0. The van der Waals surface area contributed by atoms with Gasteiger partial charge in [-0.15, -0.1) is 0 Å². The Labute approximate surface area is 366 Å². The standard InChI is InChI=1S/C39H68N12O12/c1-19(2)17-23(40)32(56)48-25(11-13-29(41)52)33(57)45-21(5)31(55)47-26(12-14-30(53)54)34(58)46-22(6)37(61)51-16-8-10-28(51)36(60)49-24(9-7-15-44-39(42)43)35(59)50-27(38(62)63)18-20(3)4/h19-28H,7-18,40H2,1-6H3,(H2,41,52)(H,45,57)(H,46,58)(H,47,55)(H,48,56)(H,49,60)(H,50,59)(H,53,54)(H,62,63)(H4,42,43,44)/t21-,22-,23-,24-,25-,26-,27-,28-/m0/s1. The number of primary amides is 1. The van der Waals surface area contributed by atoms with E-state index < -0.39 is 120 Å². The van der Waals surface area contributed by atoms with Gasteiger partial charge in [0, 0.05) is 25.9 Å². The van der Waals surface area contributed by atoms with Gasteiger partial charge in [-0.1, -0.05) is 27.7 Å². The van der Waals surface area contributed by atoms with E-state index in [1.165, 1.54) is 18.7 Å². The van der Waals surface area contributed by atoms with Crippen LogP contribution in [0.5, 0.6) is 0 Å². The number of nitrogens with two attached hydrogens (primary N) is 4. The molecule has 8 atom stereocenters. The van der Waals surface area contributed by atoms with Gasteiger partial charge in [-0.25, -0.2) is 4.79 Å². The summed E-state index contributed by atoms with van der Waals surface area (Å²) in [5.74, 6) is -9.14. The maximum atomic E-state index is 13.7. The topological polar surface area (TPSA) is 403 Å². The van der Waals surface area contributed by atoms with Crippen LogP contribution in [0.2, 0.25) is 0 Å². The van der Waals surface area contributed by atoms with Gasteiger partial charge in [0.2, 0.25) is 47.3 Å². The molecule has 1 fully saturated rings. The zero-order valence-corrected chi connectivity index (χ0v) is 36.9. The molecule has 1 rings (SSSR count). The Balaban J connectivity index is 3.14. The molecule has 24 heteroatoms. The van der Waals surface area contributed by atoms with Crippen molar-refractivity contribution < 1.29 is 58.2 Å². The van der Waals surface area contributed by atoms with Gasteiger partial charge in [0.25, 0.3) is 0 Å². The van der Waals surface area contributed by atoms with Crippen molar-refractivity contribution in [3.8, 4) is 0 Å². The van der Waals surface area contributed by atoms with Crippen LogP contribution in [0.3, 0.4) is 0 Å². The highest BCUT2D eigenvalue weighted by molar-refractivity contribution is 5.97. The summed E-state index contributed by atoms with van der Waals surface area (Å²) in [6.07, 6.45) is -0.298. The lowest BCUT2D eigenvalue weighted by atomic mass is 10.0. The van der Waals surface area contributed by atoms with Gasteiger partial charge in [0.15, 0.2) is 5.96 Å². The summed E-state index contributed by atoms with van der Waals surface area (Å²) < 4.78 is 0. The summed E-state index contributed by atoms with van der Waals surface area (Å²) in [7, 11) is 0. The number of amides is 8. The van der Waals surface area contributed by atoms with E-state index in [0.29, 0.717) is 12.8 Å². The minimum absolute atomic E-state index is 0.0147. The molecule has 0 aromatic heterocycles. The molecule has 16 N–H and O–H groups in total. The Bertz CT molecular complexity index is 1670. The summed E-state index contributed by atoms with van der Waals surface area (Å²) in [5.41, 5.74) is 22.0. The molecule has 356 valence electrons. The molecule has 0 aromatic rings. The third kappa shape index (κ3) is 20.6. The van der Waals surface area contributed by atoms with Crippen molar-refractivity contribution in [3.63, 3.8) is 0 Å². The minimum Gasteiger partial charge on any atom is -0.481 e. The molecule has 0 spiro atoms. The molecule has 0 aliphatic carbocycles. The molecule has 0 aromatic carbocycles. The van der Waals surface area contributed by atoms with E-state index >= 15 is 0 Å². The Kier molecular flexibility index (Phi) is 23.6. The summed E-state index contributed by atoms with van der Waals surface area (Å²) in [5, 5.41) is 33.8. The van der Waals surface area contributed by atoms with E-state index in [4.69, 9.17) is 22.9 Å². The van der Waals surface area contributed by atoms with Crippen LogP contribution in [-0.4, -0.2) is 142 Å². The number of likely N-dealkylation sites (tertiary alicyclic amines) is 1. The van der Waals surface area contributed by atoms with Gasteiger partial charge in [-0.2, -0.15) is 0 Å². The SMILES string of the molecule is CC(C)C[C@H](NC(=O)[C@H](CCCN=C(N)N)NC(=O)[C@@H]1CCCN1C(=O)[C@H](C)NC(=O)[C@H](CCC(=O)O)NC(=O)[C@H](C)NC(=O)[C@H](CCC(N)=O)NC(=O)[C@@H](N)CC(C)C)C(=O)O. The van der Waals surface area contributed by atoms with Crippen molar-refractivity contribution >= 4 is 65.2 Å². The van der Waals surface area contributed by atoms with Crippen LogP contribution in [0.15, 0.2) is 4.99 Å². The first-order valence-electron chi connectivity index (χ1n) is 21.0. The molecular formula is C39H68N12O12. The van der Waals surface area contributed by atoms with Gasteiger partial charge in [0.05, 0.1) is 6.04 Å². The number of hydrogen-bond acceptors (Lipinski definition) is 12. The number of hydrogen-bond donors (Lipinski definition) is 12. The molecule has 0 radical (unpaired) electrons. The molecule has 8 amide bonds. The number of aliphatic carboxylic acids is 2.